The number of aromatic hydroxyl groups is 1. The van der Waals surface area contributed by atoms with Crippen LogP contribution >= 0.6 is 0 Å². The summed E-state index contributed by atoms with van der Waals surface area (Å²) in [6.07, 6.45) is 0.222. The monoisotopic (exact) mass is 187 g/mol. The smallest absolute Gasteiger partial charge is 0.221 e. The van der Waals surface area contributed by atoms with Gasteiger partial charge in [-0.2, -0.15) is 0 Å². The Bertz CT molecular complexity index is 257. The summed E-state index contributed by atoms with van der Waals surface area (Å²) in [6.45, 7) is 0. The van der Waals surface area contributed by atoms with Crippen LogP contribution in [-0.4, -0.2) is 22.0 Å². The van der Waals surface area contributed by atoms with Crippen LogP contribution in [0.2, 0.25) is 0 Å². The lowest BCUT2D eigenvalue weighted by Crippen LogP contribution is -2.13. The summed E-state index contributed by atoms with van der Waals surface area (Å²) in [4.78, 5) is 10.4. The minimum Gasteiger partial charge on any atom is -0.508 e. The summed E-state index contributed by atoms with van der Waals surface area (Å²) in [5.74, 6) is -0.172. The SMILES string of the molecule is NC(=O)Cc1ccc(O)cc1.O.O. The van der Waals surface area contributed by atoms with E-state index in [0.29, 0.717) is 0 Å². The Hall–Kier alpha value is -1.59. The molecule has 1 rings (SSSR count). The molecule has 0 unspecified atom stereocenters. The number of benzene rings is 1. The maximum absolute atomic E-state index is 10.4. The molecule has 0 saturated heterocycles. The zero-order valence-corrected chi connectivity index (χ0v) is 6.95. The third-order valence-electron chi connectivity index (χ3n) is 1.31. The zero-order valence-electron chi connectivity index (χ0n) is 6.95. The van der Waals surface area contributed by atoms with E-state index in [1.807, 2.05) is 0 Å². The van der Waals surface area contributed by atoms with Gasteiger partial charge >= 0.3 is 0 Å². The van der Waals surface area contributed by atoms with Gasteiger partial charge in [0, 0.05) is 0 Å². The molecular formula is C8H13NO4. The number of hydrogen-bond acceptors (Lipinski definition) is 2. The molecule has 0 heterocycles. The fourth-order valence-corrected chi connectivity index (χ4v) is 0.815. The molecular weight excluding hydrogens is 174 g/mol. The molecule has 0 atom stereocenters. The number of amides is 1. The van der Waals surface area contributed by atoms with E-state index in [1.165, 1.54) is 12.1 Å². The van der Waals surface area contributed by atoms with Crippen molar-refractivity contribution < 1.29 is 20.9 Å². The molecule has 74 valence electrons. The molecule has 1 amide bonds. The van der Waals surface area contributed by atoms with Gasteiger partial charge in [-0.25, -0.2) is 0 Å². The van der Waals surface area contributed by atoms with Gasteiger partial charge in [-0.3, -0.25) is 4.79 Å². The number of phenols is 1. The molecule has 5 nitrogen and oxygen atoms in total. The van der Waals surface area contributed by atoms with Gasteiger partial charge in [-0.15, -0.1) is 0 Å². The highest BCUT2D eigenvalue weighted by atomic mass is 16.3. The topological polar surface area (TPSA) is 126 Å². The lowest BCUT2D eigenvalue weighted by Gasteiger charge is -1.96. The van der Waals surface area contributed by atoms with E-state index >= 15 is 0 Å². The number of rotatable bonds is 2. The molecule has 0 aromatic heterocycles. The lowest BCUT2D eigenvalue weighted by molar-refractivity contribution is -0.117. The Kier molecular flexibility index (Phi) is 6.43. The number of carbonyl (C=O) groups excluding carboxylic acids is 1. The molecule has 1 aromatic rings. The second-order valence-electron chi connectivity index (χ2n) is 2.31. The largest absolute Gasteiger partial charge is 0.508 e. The minimum absolute atomic E-state index is 0. The number of carbonyl (C=O) groups is 1. The van der Waals surface area contributed by atoms with Crippen molar-refractivity contribution in [2.24, 2.45) is 5.73 Å². The molecule has 1 aromatic carbocycles. The molecule has 7 N–H and O–H groups in total. The first kappa shape index (κ1) is 14.0. The lowest BCUT2D eigenvalue weighted by atomic mass is 10.1. The normalized spacial score (nSPS) is 8.00. The first-order chi connectivity index (χ1) is 5.18. The highest BCUT2D eigenvalue weighted by molar-refractivity contribution is 5.76. The van der Waals surface area contributed by atoms with Crippen LogP contribution in [0.3, 0.4) is 0 Å². The average Bonchev–Trinajstić information content (AvgIpc) is 1.93. The van der Waals surface area contributed by atoms with Crippen LogP contribution in [0, 0.1) is 0 Å². The van der Waals surface area contributed by atoms with Gasteiger partial charge < -0.3 is 21.8 Å². The van der Waals surface area contributed by atoms with Crippen LogP contribution in [0.4, 0.5) is 0 Å². The molecule has 0 aliphatic carbocycles. The van der Waals surface area contributed by atoms with Gasteiger partial charge in [0.1, 0.15) is 5.75 Å². The fourth-order valence-electron chi connectivity index (χ4n) is 0.815. The van der Waals surface area contributed by atoms with E-state index in [9.17, 15) is 4.79 Å². The van der Waals surface area contributed by atoms with Crippen molar-refractivity contribution in [1.82, 2.24) is 0 Å². The van der Waals surface area contributed by atoms with Crippen LogP contribution in [0.15, 0.2) is 24.3 Å². The van der Waals surface area contributed by atoms with Gasteiger partial charge in [-0.1, -0.05) is 12.1 Å². The number of phenolic OH excluding ortho intramolecular Hbond substituents is 1. The van der Waals surface area contributed by atoms with Crippen molar-refractivity contribution in [2.45, 2.75) is 6.42 Å². The summed E-state index contributed by atoms with van der Waals surface area (Å²) in [5, 5.41) is 8.87. The van der Waals surface area contributed by atoms with E-state index in [2.05, 4.69) is 0 Å². The van der Waals surface area contributed by atoms with Crippen molar-refractivity contribution in [3.63, 3.8) is 0 Å². The highest BCUT2D eigenvalue weighted by Gasteiger charge is 1.96. The Morgan fingerprint density at radius 3 is 2.08 bits per heavy atom. The first-order valence-electron chi connectivity index (χ1n) is 3.24. The van der Waals surface area contributed by atoms with Crippen molar-refractivity contribution in [2.75, 3.05) is 0 Å². The van der Waals surface area contributed by atoms with Gasteiger partial charge in [0.15, 0.2) is 0 Å². The Morgan fingerprint density at radius 2 is 1.69 bits per heavy atom. The van der Waals surface area contributed by atoms with Crippen molar-refractivity contribution in [3.8, 4) is 5.75 Å². The molecule has 0 aliphatic heterocycles. The molecule has 0 radical (unpaired) electrons. The van der Waals surface area contributed by atoms with Crippen LogP contribution < -0.4 is 5.73 Å². The van der Waals surface area contributed by atoms with Crippen LogP contribution in [-0.2, 0) is 11.2 Å². The Labute approximate surface area is 75.4 Å². The minimum atomic E-state index is -0.365. The highest BCUT2D eigenvalue weighted by Crippen LogP contribution is 2.09. The zero-order chi connectivity index (χ0) is 8.27. The Balaban J connectivity index is 0. The standard InChI is InChI=1S/C8H9NO2.2H2O/c9-8(11)5-6-1-3-7(10)4-2-6;;/h1-4,10H,5H2,(H2,9,11);2*1H2. The van der Waals surface area contributed by atoms with E-state index in [0.717, 1.165) is 5.56 Å². The van der Waals surface area contributed by atoms with Crippen LogP contribution in [0.1, 0.15) is 5.56 Å². The summed E-state index contributed by atoms with van der Waals surface area (Å²) in [6, 6.07) is 6.39. The Morgan fingerprint density at radius 1 is 1.23 bits per heavy atom. The van der Waals surface area contributed by atoms with Gasteiger partial charge in [0.05, 0.1) is 6.42 Å². The maximum atomic E-state index is 10.4. The molecule has 13 heavy (non-hydrogen) atoms. The van der Waals surface area contributed by atoms with E-state index < -0.39 is 0 Å². The molecule has 5 heteroatoms. The first-order valence-corrected chi connectivity index (χ1v) is 3.24. The molecule has 0 fully saturated rings. The molecule has 0 saturated carbocycles. The third-order valence-corrected chi connectivity index (χ3v) is 1.31. The molecule has 0 aliphatic rings. The number of hydrogen-bond donors (Lipinski definition) is 2. The van der Waals surface area contributed by atoms with E-state index in [1.54, 1.807) is 12.1 Å². The van der Waals surface area contributed by atoms with Crippen LogP contribution in [0.5, 0.6) is 5.75 Å². The second-order valence-corrected chi connectivity index (χ2v) is 2.31. The molecule has 0 spiro atoms. The average molecular weight is 187 g/mol. The predicted molar refractivity (Wildman–Crippen MR) is 48.2 cm³/mol. The van der Waals surface area contributed by atoms with Crippen LogP contribution in [0.25, 0.3) is 0 Å². The number of primary amides is 1. The predicted octanol–water partition coefficient (Wildman–Crippen LogP) is -1.23. The van der Waals surface area contributed by atoms with Gasteiger partial charge in [-0.05, 0) is 17.7 Å². The van der Waals surface area contributed by atoms with Gasteiger partial charge in [0.25, 0.3) is 0 Å². The van der Waals surface area contributed by atoms with Crippen molar-refractivity contribution in [3.05, 3.63) is 29.8 Å². The summed E-state index contributed by atoms with van der Waals surface area (Å²) >= 11 is 0. The van der Waals surface area contributed by atoms with Gasteiger partial charge in [0.2, 0.25) is 5.91 Å². The molecule has 0 bridgehead atoms. The fraction of sp³-hybridized carbons (Fsp3) is 0.125. The maximum Gasteiger partial charge on any atom is 0.221 e. The second kappa shape index (κ2) is 5.99. The van der Waals surface area contributed by atoms with E-state index in [4.69, 9.17) is 10.8 Å². The van der Waals surface area contributed by atoms with Crippen molar-refractivity contribution >= 4 is 5.91 Å². The summed E-state index contributed by atoms with van der Waals surface area (Å²) in [5.41, 5.74) is 5.78. The van der Waals surface area contributed by atoms with E-state index in [-0.39, 0.29) is 29.0 Å². The summed E-state index contributed by atoms with van der Waals surface area (Å²) < 4.78 is 0. The number of nitrogens with two attached hydrogens (primary N) is 1. The third kappa shape index (κ3) is 4.78. The quantitative estimate of drug-likeness (QED) is 0.601. The summed E-state index contributed by atoms with van der Waals surface area (Å²) in [7, 11) is 0. The van der Waals surface area contributed by atoms with Crippen molar-refractivity contribution in [1.29, 1.82) is 0 Å².